The Hall–Kier alpha value is -3.17. The molecule has 1 saturated heterocycles. The zero-order chi connectivity index (χ0) is 20.9. The number of anilines is 1. The van der Waals surface area contributed by atoms with E-state index < -0.39 is 0 Å². The van der Waals surface area contributed by atoms with E-state index in [1.807, 2.05) is 24.3 Å². The Labute approximate surface area is 178 Å². The van der Waals surface area contributed by atoms with E-state index in [1.54, 1.807) is 16.9 Å². The number of ether oxygens (including phenoxy) is 2. The van der Waals surface area contributed by atoms with Crippen molar-refractivity contribution in [2.24, 2.45) is 5.73 Å². The fourth-order valence-corrected chi connectivity index (χ4v) is 4.30. The van der Waals surface area contributed by atoms with Gasteiger partial charge in [0.15, 0.2) is 11.4 Å². The number of imidazole rings is 1. The van der Waals surface area contributed by atoms with Gasteiger partial charge in [-0.05, 0) is 38.0 Å². The molecule has 6 rings (SSSR count). The molecule has 2 aliphatic rings. The normalized spacial score (nSPS) is 23.9. The molecule has 0 spiro atoms. The van der Waals surface area contributed by atoms with E-state index in [4.69, 9.17) is 19.6 Å². The summed E-state index contributed by atoms with van der Waals surface area (Å²) in [5.41, 5.74) is 8.14. The maximum absolute atomic E-state index is 6.19. The summed E-state index contributed by atoms with van der Waals surface area (Å²) < 4.78 is 19.6. The van der Waals surface area contributed by atoms with E-state index in [2.05, 4.69) is 26.9 Å². The zero-order valence-corrected chi connectivity index (χ0v) is 17.3. The molecular formula is C22H24N6O3. The average molecular weight is 420 g/mol. The van der Waals surface area contributed by atoms with Crippen molar-refractivity contribution in [1.82, 2.24) is 19.6 Å². The highest BCUT2D eigenvalue weighted by Gasteiger charge is 2.28. The van der Waals surface area contributed by atoms with Crippen molar-refractivity contribution < 1.29 is 13.9 Å². The van der Waals surface area contributed by atoms with Gasteiger partial charge in [-0.2, -0.15) is 0 Å². The van der Waals surface area contributed by atoms with Gasteiger partial charge in [0.25, 0.3) is 0 Å². The molecule has 1 aliphatic heterocycles. The fraction of sp³-hybridized carbons (Fsp3) is 0.409. The summed E-state index contributed by atoms with van der Waals surface area (Å²) in [7, 11) is 0. The quantitative estimate of drug-likeness (QED) is 0.537. The third kappa shape index (κ3) is 3.30. The summed E-state index contributed by atoms with van der Waals surface area (Å²) in [6.45, 7) is 4.37. The summed E-state index contributed by atoms with van der Waals surface area (Å²) in [6, 6.07) is 7.87. The highest BCUT2D eigenvalue weighted by molar-refractivity contribution is 5.92. The van der Waals surface area contributed by atoms with Crippen LogP contribution in [-0.2, 0) is 4.74 Å². The van der Waals surface area contributed by atoms with Gasteiger partial charge in [-0.1, -0.05) is 0 Å². The molecular weight excluding hydrogens is 396 g/mol. The molecule has 0 radical (unpaired) electrons. The smallest absolute Gasteiger partial charge is 0.232 e. The molecule has 31 heavy (non-hydrogen) atoms. The molecule has 1 saturated carbocycles. The SMILES string of the molecule is C[C@H]1CN(c2nccc3oc(-c4cnc5ccc(OC6CC(N)C6)nn45)cc23)CCO1. The van der Waals surface area contributed by atoms with Crippen molar-refractivity contribution in [3.8, 4) is 17.3 Å². The van der Waals surface area contributed by atoms with Gasteiger partial charge in [0.2, 0.25) is 5.88 Å². The molecule has 4 aromatic rings. The Kier molecular flexibility index (Phi) is 4.32. The number of fused-ring (bicyclic) bond motifs is 2. The van der Waals surface area contributed by atoms with E-state index in [-0.39, 0.29) is 18.2 Å². The molecule has 1 atom stereocenters. The predicted molar refractivity (Wildman–Crippen MR) is 115 cm³/mol. The number of aromatic nitrogens is 4. The maximum Gasteiger partial charge on any atom is 0.232 e. The maximum atomic E-state index is 6.19. The third-order valence-corrected chi connectivity index (χ3v) is 5.97. The Morgan fingerprint density at radius 3 is 2.94 bits per heavy atom. The molecule has 0 bridgehead atoms. The first kappa shape index (κ1) is 18.6. The minimum absolute atomic E-state index is 0.127. The molecule has 5 heterocycles. The van der Waals surface area contributed by atoms with E-state index in [1.165, 1.54) is 0 Å². The average Bonchev–Trinajstić information content (AvgIpc) is 3.36. The third-order valence-electron chi connectivity index (χ3n) is 5.97. The van der Waals surface area contributed by atoms with Crippen molar-refractivity contribution in [2.75, 3.05) is 24.6 Å². The van der Waals surface area contributed by atoms with E-state index >= 15 is 0 Å². The molecule has 9 heteroatoms. The molecule has 0 aromatic carbocycles. The highest BCUT2D eigenvalue weighted by atomic mass is 16.5. The van der Waals surface area contributed by atoms with Gasteiger partial charge in [-0.3, -0.25) is 0 Å². The van der Waals surface area contributed by atoms with Crippen LogP contribution >= 0.6 is 0 Å². The second kappa shape index (κ2) is 7.21. The van der Waals surface area contributed by atoms with Crippen LogP contribution < -0.4 is 15.4 Å². The first-order chi connectivity index (χ1) is 15.1. The van der Waals surface area contributed by atoms with Crippen molar-refractivity contribution >= 4 is 22.4 Å². The number of furan rings is 1. The number of hydrogen-bond acceptors (Lipinski definition) is 8. The van der Waals surface area contributed by atoms with Gasteiger partial charge in [0, 0.05) is 31.4 Å². The van der Waals surface area contributed by atoms with Crippen LogP contribution in [0, 0.1) is 0 Å². The van der Waals surface area contributed by atoms with E-state index in [9.17, 15) is 0 Å². The van der Waals surface area contributed by atoms with Gasteiger partial charge in [0.05, 0.1) is 24.3 Å². The van der Waals surface area contributed by atoms with Crippen LogP contribution in [0.2, 0.25) is 0 Å². The number of nitrogens with zero attached hydrogens (tertiary/aromatic N) is 5. The first-order valence-corrected chi connectivity index (χ1v) is 10.7. The summed E-state index contributed by atoms with van der Waals surface area (Å²) in [5.74, 6) is 2.16. The van der Waals surface area contributed by atoms with Crippen molar-refractivity contribution in [3.63, 3.8) is 0 Å². The molecule has 1 aliphatic carbocycles. The monoisotopic (exact) mass is 420 g/mol. The Morgan fingerprint density at radius 1 is 1.19 bits per heavy atom. The van der Waals surface area contributed by atoms with Gasteiger partial charge in [-0.25, -0.2) is 14.5 Å². The van der Waals surface area contributed by atoms with Crippen LogP contribution in [0.3, 0.4) is 0 Å². The lowest BCUT2D eigenvalue weighted by Gasteiger charge is -2.32. The predicted octanol–water partition coefficient (Wildman–Crippen LogP) is 2.63. The molecule has 0 amide bonds. The van der Waals surface area contributed by atoms with Gasteiger partial charge >= 0.3 is 0 Å². The standard InChI is InChI=1S/C22H24N6O3/c1-13-12-27(6-7-29-13)22-16-10-19(31-18(16)4-5-24-22)17-11-25-20-2-3-21(26-28(17)20)30-15-8-14(23)9-15/h2-5,10-11,13-15H,6-9,12,23H2,1H3/t13-,14?,15?/m0/s1. The summed E-state index contributed by atoms with van der Waals surface area (Å²) in [5, 5.41) is 5.61. The lowest BCUT2D eigenvalue weighted by atomic mass is 9.90. The second-order valence-electron chi connectivity index (χ2n) is 8.34. The zero-order valence-electron chi connectivity index (χ0n) is 17.3. The number of hydrogen-bond donors (Lipinski definition) is 1. The van der Waals surface area contributed by atoms with Crippen LogP contribution in [-0.4, -0.2) is 57.5 Å². The number of morpholine rings is 1. The fourth-order valence-electron chi connectivity index (χ4n) is 4.30. The summed E-state index contributed by atoms with van der Waals surface area (Å²) in [6.07, 6.45) is 5.57. The van der Waals surface area contributed by atoms with Crippen LogP contribution in [0.25, 0.3) is 28.1 Å². The van der Waals surface area contributed by atoms with Gasteiger partial charge in [-0.15, -0.1) is 5.10 Å². The van der Waals surface area contributed by atoms with Crippen LogP contribution in [0.15, 0.2) is 41.1 Å². The van der Waals surface area contributed by atoms with Crippen molar-refractivity contribution in [1.29, 1.82) is 0 Å². The molecule has 4 aromatic heterocycles. The van der Waals surface area contributed by atoms with Gasteiger partial charge in [0.1, 0.15) is 23.2 Å². The van der Waals surface area contributed by atoms with Crippen LogP contribution in [0.4, 0.5) is 5.82 Å². The molecule has 0 unspecified atom stereocenters. The summed E-state index contributed by atoms with van der Waals surface area (Å²) in [4.78, 5) is 11.4. The highest BCUT2D eigenvalue weighted by Crippen LogP contribution is 2.33. The van der Waals surface area contributed by atoms with Crippen molar-refractivity contribution in [2.45, 2.75) is 38.0 Å². The number of rotatable bonds is 4. The summed E-state index contributed by atoms with van der Waals surface area (Å²) >= 11 is 0. The minimum Gasteiger partial charge on any atom is -0.473 e. The molecule has 2 N–H and O–H groups in total. The van der Waals surface area contributed by atoms with Crippen LogP contribution in [0.1, 0.15) is 19.8 Å². The Morgan fingerprint density at radius 2 is 2.10 bits per heavy atom. The Balaban J connectivity index is 1.37. The lowest BCUT2D eigenvalue weighted by molar-refractivity contribution is 0.0530. The van der Waals surface area contributed by atoms with Crippen LogP contribution in [0.5, 0.6) is 5.88 Å². The van der Waals surface area contributed by atoms with E-state index in [0.29, 0.717) is 18.2 Å². The first-order valence-electron chi connectivity index (χ1n) is 10.7. The topological polar surface area (TPSA) is 104 Å². The van der Waals surface area contributed by atoms with Crippen molar-refractivity contribution in [3.05, 3.63) is 36.7 Å². The van der Waals surface area contributed by atoms with E-state index in [0.717, 1.165) is 54.1 Å². The number of nitrogens with two attached hydrogens (primary N) is 1. The molecule has 9 nitrogen and oxygen atoms in total. The molecule has 160 valence electrons. The van der Waals surface area contributed by atoms with Gasteiger partial charge < -0.3 is 24.5 Å². The minimum atomic E-state index is 0.127. The molecule has 2 fully saturated rings. The Bertz CT molecular complexity index is 1240. The lowest BCUT2D eigenvalue weighted by Crippen LogP contribution is -2.43. The second-order valence-corrected chi connectivity index (χ2v) is 8.34. The number of pyridine rings is 1. The largest absolute Gasteiger partial charge is 0.473 e.